The zero-order valence-corrected chi connectivity index (χ0v) is 20.3. The van der Waals surface area contributed by atoms with E-state index in [0.29, 0.717) is 24.5 Å². The van der Waals surface area contributed by atoms with Crippen molar-refractivity contribution in [2.24, 2.45) is 0 Å². The highest BCUT2D eigenvalue weighted by atomic mass is 32.2. The molecule has 0 spiro atoms. The van der Waals surface area contributed by atoms with Crippen molar-refractivity contribution in [2.75, 3.05) is 31.5 Å². The standard InChI is InChI=1S/C20H23N5O4S3/c1-13-12-30-20(21-13)31-17-6-4-16(5-7-17)22-19(26)24-8-10-25(11-9-24)32(27,28)18-14(2)23-29-15(18)3/h4-7,12H,8-11H2,1-3H3,(H,22,26). The van der Waals surface area contributed by atoms with E-state index < -0.39 is 10.0 Å². The first kappa shape index (κ1) is 22.8. The summed E-state index contributed by atoms with van der Waals surface area (Å²) in [7, 11) is -3.71. The zero-order valence-electron chi connectivity index (χ0n) is 17.9. The number of carbonyl (C=O) groups is 1. The fourth-order valence-corrected chi connectivity index (χ4v) is 6.92. The van der Waals surface area contributed by atoms with Crippen LogP contribution in [0.5, 0.6) is 0 Å². The van der Waals surface area contributed by atoms with Crippen molar-refractivity contribution in [3.05, 3.63) is 46.8 Å². The molecule has 0 atom stereocenters. The molecule has 0 bridgehead atoms. The number of thiazole rings is 1. The molecular formula is C20H23N5O4S3. The van der Waals surface area contributed by atoms with Crippen LogP contribution in [0.15, 0.2) is 48.3 Å². The van der Waals surface area contributed by atoms with E-state index in [2.05, 4.69) is 15.5 Å². The van der Waals surface area contributed by atoms with E-state index in [-0.39, 0.29) is 29.8 Å². The van der Waals surface area contributed by atoms with Gasteiger partial charge in [-0.2, -0.15) is 4.31 Å². The normalized spacial score (nSPS) is 15.2. The smallest absolute Gasteiger partial charge is 0.321 e. The van der Waals surface area contributed by atoms with Gasteiger partial charge in [-0.3, -0.25) is 0 Å². The van der Waals surface area contributed by atoms with Crippen LogP contribution in [0.1, 0.15) is 17.1 Å². The van der Waals surface area contributed by atoms with E-state index in [4.69, 9.17) is 4.52 Å². The van der Waals surface area contributed by atoms with Gasteiger partial charge < -0.3 is 14.7 Å². The van der Waals surface area contributed by atoms with Crippen LogP contribution in [0.4, 0.5) is 10.5 Å². The summed E-state index contributed by atoms with van der Waals surface area (Å²) in [5.41, 5.74) is 2.02. The molecule has 3 heterocycles. The van der Waals surface area contributed by atoms with Crippen molar-refractivity contribution in [3.8, 4) is 0 Å². The van der Waals surface area contributed by atoms with Gasteiger partial charge in [-0.1, -0.05) is 16.9 Å². The molecule has 1 saturated heterocycles. The minimum atomic E-state index is -3.71. The molecular weight excluding hydrogens is 470 g/mol. The number of anilines is 1. The number of amides is 2. The summed E-state index contributed by atoms with van der Waals surface area (Å²) < 4.78 is 33.2. The number of aryl methyl sites for hydroxylation is 3. The number of piperazine rings is 1. The number of nitrogens with one attached hydrogen (secondary N) is 1. The Morgan fingerprint density at radius 3 is 2.38 bits per heavy atom. The molecule has 170 valence electrons. The maximum absolute atomic E-state index is 12.9. The molecule has 1 aliphatic heterocycles. The molecule has 12 heteroatoms. The molecule has 1 fully saturated rings. The van der Waals surface area contributed by atoms with Gasteiger partial charge in [0.05, 0.1) is 0 Å². The third-order valence-corrected chi connectivity index (χ3v) is 9.21. The lowest BCUT2D eigenvalue weighted by atomic mass is 10.3. The van der Waals surface area contributed by atoms with Crippen LogP contribution in [0.25, 0.3) is 0 Å². The Hall–Kier alpha value is -2.41. The second-order valence-corrected chi connectivity index (χ2v) is 11.4. The first-order valence-electron chi connectivity index (χ1n) is 9.93. The fraction of sp³-hybridized carbons (Fsp3) is 0.350. The van der Waals surface area contributed by atoms with Crippen molar-refractivity contribution >= 4 is 44.8 Å². The number of nitrogens with zero attached hydrogens (tertiary/aromatic N) is 4. The third-order valence-electron chi connectivity index (χ3n) is 5.00. The van der Waals surface area contributed by atoms with Crippen LogP contribution in [0, 0.1) is 20.8 Å². The Morgan fingerprint density at radius 2 is 1.81 bits per heavy atom. The molecule has 0 radical (unpaired) electrons. The van der Waals surface area contributed by atoms with Crippen LogP contribution >= 0.6 is 23.1 Å². The first-order chi connectivity index (χ1) is 15.2. The molecule has 4 rings (SSSR count). The average Bonchev–Trinajstić information content (AvgIpc) is 3.33. The van der Waals surface area contributed by atoms with Crippen LogP contribution in [0.2, 0.25) is 0 Å². The lowest BCUT2D eigenvalue weighted by Crippen LogP contribution is -2.51. The molecule has 0 saturated carbocycles. The number of hydrogen-bond donors (Lipinski definition) is 1. The Morgan fingerprint density at radius 1 is 1.12 bits per heavy atom. The van der Waals surface area contributed by atoms with E-state index in [1.165, 1.54) is 4.31 Å². The van der Waals surface area contributed by atoms with Gasteiger partial charge in [0.2, 0.25) is 10.0 Å². The Bertz CT molecular complexity index is 1190. The summed E-state index contributed by atoms with van der Waals surface area (Å²) in [6.45, 7) is 6.17. The molecule has 9 nitrogen and oxygen atoms in total. The third kappa shape index (κ3) is 4.82. The molecule has 1 aliphatic rings. The fourth-order valence-electron chi connectivity index (χ4n) is 3.39. The number of urea groups is 1. The van der Waals surface area contributed by atoms with Gasteiger partial charge in [0.15, 0.2) is 10.1 Å². The monoisotopic (exact) mass is 493 g/mol. The predicted octanol–water partition coefficient (Wildman–Crippen LogP) is 3.75. The molecule has 0 unspecified atom stereocenters. The maximum Gasteiger partial charge on any atom is 0.321 e. The predicted molar refractivity (Wildman–Crippen MR) is 123 cm³/mol. The SMILES string of the molecule is Cc1csc(Sc2ccc(NC(=O)N3CCN(S(=O)(=O)c4c(C)noc4C)CC3)cc2)n1. The number of hydrogen-bond acceptors (Lipinski definition) is 8. The summed E-state index contributed by atoms with van der Waals surface area (Å²) >= 11 is 3.18. The zero-order chi connectivity index (χ0) is 22.9. The number of benzene rings is 1. The second-order valence-electron chi connectivity index (χ2n) is 7.36. The van der Waals surface area contributed by atoms with Crippen molar-refractivity contribution in [1.29, 1.82) is 0 Å². The van der Waals surface area contributed by atoms with Crippen LogP contribution in [-0.2, 0) is 10.0 Å². The highest BCUT2D eigenvalue weighted by molar-refractivity contribution is 8.01. The molecule has 3 aromatic rings. The summed E-state index contributed by atoms with van der Waals surface area (Å²) in [6.07, 6.45) is 0. The quantitative estimate of drug-likeness (QED) is 0.577. The van der Waals surface area contributed by atoms with Gasteiger partial charge >= 0.3 is 6.03 Å². The summed E-state index contributed by atoms with van der Waals surface area (Å²) in [6, 6.07) is 7.31. The van der Waals surface area contributed by atoms with Crippen LogP contribution in [0.3, 0.4) is 0 Å². The molecule has 32 heavy (non-hydrogen) atoms. The van der Waals surface area contributed by atoms with Crippen molar-refractivity contribution < 1.29 is 17.7 Å². The van der Waals surface area contributed by atoms with Crippen LogP contribution < -0.4 is 5.32 Å². The molecule has 0 aliphatic carbocycles. The van der Waals surface area contributed by atoms with Gasteiger partial charge in [-0.25, -0.2) is 18.2 Å². The van der Waals surface area contributed by atoms with Gasteiger partial charge in [0.1, 0.15) is 10.6 Å². The Labute approximate surface area is 194 Å². The molecule has 2 amide bonds. The van der Waals surface area contributed by atoms with Crippen molar-refractivity contribution in [1.82, 2.24) is 19.3 Å². The number of rotatable bonds is 5. The summed E-state index contributed by atoms with van der Waals surface area (Å²) in [5.74, 6) is 0.272. The van der Waals surface area contributed by atoms with E-state index in [1.54, 1.807) is 41.8 Å². The topological polar surface area (TPSA) is 109 Å². The van der Waals surface area contributed by atoms with Gasteiger partial charge in [-0.05, 0) is 45.0 Å². The largest absolute Gasteiger partial charge is 0.360 e. The molecule has 2 aromatic heterocycles. The van der Waals surface area contributed by atoms with E-state index >= 15 is 0 Å². The highest BCUT2D eigenvalue weighted by Crippen LogP contribution is 2.31. The summed E-state index contributed by atoms with van der Waals surface area (Å²) in [5, 5.41) is 8.63. The van der Waals surface area contributed by atoms with Gasteiger partial charge in [0, 0.05) is 47.8 Å². The second kappa shape index (κ2) is 9.22. The van der Waals surface area contributed by atoms with Gasteiger partial charge in [0.25, 0.3) is 0 Å². The number of carbonyl (C=O) groups excluding carboxylic acids is 1. The lowest BCUT2D eigenvalue weighted by molar-refractivity contribution is 0.184. The van der Waals surface area contributed by atoms with E-state index in [1.807, 2.05) is 36.6 Å². The Kier molecular flexibility index (Phi) is 6.56. The van der Waals surface area contributed by atoms with Crippen molar-refractivity contribution in [2.45, 2.75) is 34.9 Å². The molecule has 1 aromatic carbocycles. The summed E-state index contributed by atoms with van der Waals surface area (Å²) in [4.78, 5) is 19.8. The lowest BCUT2D eigenvalue weighted by Gasteiger charge is -2.33. The molecule has 1 N–H and O–H groups in total. The number of sulfonamides is 1. The highest BCUT2D eigenvalue weighted by Gasteiger charge is 2.34. The minimum Gasteiger partial charge on any atom is -0.360 e. The van der Waals surface area contributed by atoms with Crippen molar-refractivity contribution in [3.63, 3.8) is 0 Å². The van der Waals surface area contributed by atoms with E-state index in [9.17, 15) is 13.2 Å². The van der Waals surface area contributed by atoms with Gasteiger partial charge in [-0.15, -0.1) is 11.3 Å². The maximum atomic E-state index is 12.9. The minimum absolute atomic E-state index is 0.112. The average molecular weight is 494 g/mol. The Balaban J connectivity index is 1.33. The first-order valence-corrected chi connectivity index (χ1v) is 13.1. The van der Waals surface area contributed by atoms with E-state index in [0.717, 1.165) is 14.9 Å². The number of aromatic nitrogens is 2. The van der Waals surface area contributed by atoms with Crippen LogP contribution in [-0.4, -0.2) is 60.0 Å².